The van der Waals surface area contributed by atoms with Crippen LogP contribution in [0, 0.1) is 5.92 Å². The average Bonchev–Trinajstić information content (AvgIpc) is 2.91. The van der Waals surface area contributed by atoms with E-state index in [-0.39, 0.29) is 18.1 Å². The normalized spacial score (nSPS) is 18.7. The number of ether oxygens (including phenoxy) is 3. The maximum absolute atomic E-state index is 12.2. The smallest absolute Gasteiger partial charge is 0.488 e. The van der Waals surface area contributed by atoms with Crippen molar-refractivity contribution in [1.29, 1.82) is 0 Å². The van der Waals surface area contributed by atoms with Crippen LogP contribution in [-0.4, -0.2) is 39.3 Å². The number of hydrogen-bond acceptors (Lipinski definition) is 4. The maximum atomic E-state index is 12.2. The van der Waals surface area contributed by atoms with Crippen molar-refractivity contribution in [2.75, 3.05) is 32.9 Å². The molecule has 2 rings (SSSR count). The van der Waals surface area contributed by atoms with Gasteiger partial charge >= 0.3 is 6.36 Å². The summed E-state index contributed by atoms with van der Waals surface area (Å²) in [5, 5.41) is 3.20. The molecule has 1 heterocycles. The molecule has 0 aromatic heterocycles. The van der Waals surface area contributed by atoms with Crippen molar-refractivity contribution in [1.82, 2.24) is 5.32 Å². The number of rotatable bonds is 7. The second-order valence-corrected chi connectivity index (χ2v) is 4.78. The fraction of sp³-hybridized carbons (Fsp3) is 0.571. The molecule has 1 aliphatic heterocycles. The molecule has 0 aliphatic carbocycles. The van der Waals surface area contributed by atoms with Crippen LogP contribution in [0.3, 0.4) is 0 Å². The van der Waals surface area contributed by atoms with Crippen LogP contribution in [0.25, 0.3) is 0 Å². The Balaban J connectivity index is 1.72. The third kappa shape index (κ3) is 5.81. The second-order valence-electron chi connectivity index (χ2n) is 4.78. The predicted octanol–water partition coefficient (Wildman–Crippen LogP) is 2.59. The predicted molar refractivity (Wildman–Crippen MR) is 70.4 cm³/mol. The second kappa shape index (κ2) is 7.51. The van der Waals surface area contributed by atoms with Crippen LogP contribution in [-0.2, 0) is 4.74 Å². The molecule has 1 aromatic rings. The Morgan fingerprint density at radius 1 is 1.24 bits per heavy atom. The van der Waals surface area contributed by atoms with Crippen molar-refractivity contribution in [2.45, 2.75) is 12.8 Å². The number of benzene rings is 1. The van der Waals surface area contributed by atoms with Crippen LogP contribution >= 0.6 is 0 Å². The van der Waals surface area contributed by atoms with E-state index in [4.69, 9.17) is 9.47 Å². The molecule has 1 aromatic carbocycles. The fourth-order valence-corrected chi connectivity index (χ4v) is 2.06. The number of nitrogens with one attached hydrogen (secondary N) is 1. The van der Waals surface area contributed by atoms with Crippen molar-refractivity contribution in [3.05, 3.63) is 24.3 Å². The monoisotopic (exact) mass is 305 g/mol. The van der Waals surface area contributed by atoms with Gasteiger partial charge in [-0.2, -0.15) is 0 Å². The van der Waals surface area contributed by atoms with E-state index in [0.717, 1.165) is 26.2 Å². The van der Waals surface area contributed by atoms with Gasteiger partial charge in [0.2, 0.25) is 0 Å². The standard InChI is InChI=1S/C14H18F3NO3/c15-14(16,17)21-13-4-2-1-3-12(13)20-8-6-18-9-11-5-7-19-10-11/h1-4,11,18H,5-10H2. The summed E-state index contributed by atoms with van der Waals surface area (Å²) < 4.78 is 51.2. The molecule has 118 valence electrons. The Kier molecular flexibility index (Phi) is 5.69. The highest BCUT2D eigenvalue weighted by molar-refractivity contribution is 5.39. The number of halogens is 3. The topological polar surface area (TPSA) is 39.7 Å². The summed E-state index contributed by atoms with van der Waals surface area (Å²) in [6.07, 6.45) is -3.68. The zero-order valence-electron chi connectivity index (χ0n) is 11.5. The van der Waals surface area contributed by atoms with Crippen molar-refractivity contribution in [3.63, 3.8) is 0 Å². The van der Waals surface area contributed by atoms with Gasteiger partial charge in [-0.1, -0.05) is 12.1 Å². The van der Waals surface area contributed by atoms with Gasteiger partial charge in [-0.3, -0.25) is 0 Å². The highest BCUT2D eigenvalue weighted by atomic mass is 19.4. The molecular formula is C14H18F3NO3. The van der Waals surface area contributed by atoms with Gasteiger partial charge < -0.3 is 19.5 Å². The molecule has 0 spiro atoms. The summed E-state index contributed by atoms with van der Waals surface area (Å²) in [5.74, 6) is 0.265. The van der Waals surface area contributed by atoms with Crippen LogP contribution in [0.5, 0.6) is 11.5 Å². The molecule has 1 saturated heterocycles. The van der Waals surface area contributed by atoms with Crippen LogP contribution in [0.4, 0.5) is 13.2 Å². The molecular weight excluding hydrogens is 287 g/mol. The lowest BCUT2D eigenvalue weighted by molar-refractivity contribution is -0.275. The highest BCUT2D eigenvalue weighted by Gasteiger charge is 2.32. The van der Waals surface area contributed by atoms with Crippen LogP contribution < -0.4 is 14.8 Å². The zero-order chi connectivity index (χ0) is 15.1. The molecule has 0 bridgehead atoms. The van der Waals surface area contributed by atoms with E-state index in [1.807, 2.05) is 0 Å². The van der Waals surface area contributed by atoms with Crippen LogP contribution in [0.1, 0.15) is 6.42 Å². The van der Waals surface area contributed by atoms with E-state index in [1.54, 1.807) is 6.07 Å². The lowest BCUT2D eigenvalue weighted by Gasteiger charge is -2.14. The SMILES string of the molecule is FC(F)(F)Oc1ccccc1OCCNCC1CCOC1. The Labute approximate surface area is 121 Å². The molecule has 0 saturated carbocycles. The zero-order valence-corrected chi connectivity index (χ0v) is 11.5. The summed E-state index contributed by atoms with van der Waals surface area (Å²) in [6, 6.07) is 5.74. The Hall–Kier alpha value is -1.47. The third-order valence-electron chi connectivity index (χ3n) is 3.07. The first-order chi connectivity index (χ1) is 10.0. The van der Waals surface area contributed by atoms with Crippen molar-refractivity contribution >= 4 is 0 Å². The lowest BCUT2D eigenvalue weighted by Crippen LogP contribution is -2.27. The van der Waals surface area contributed by atoms with Crippen molar-refractivity contribution in [2.24, 2.45) is 5.92 Å². The largest absolute Gasteiger partial charge is 0.573 e. The minimum atomic E-state index is -4.72. The summed E-state index contributed by atoms with van der Waals surface area (Å²) in [7, 11) is 0. The minimum absolute atomic E-state index is 0.0841. The van der Waals surface area contributed by atoms with Gasteiger partial charge in [0.15, 0.2) is 11.5 Å². The maximum Gasteiger partial charge on any atom is 0.573 e. The van der Waals surface area contributed by atoms with E-state index >= 15 is 0 Å². The molecule has 1 fully saturated rings. The van der Waals surface area contributed by atoms with E-state index in [1.165, 1.54) is 18.2 Å². The number of alkyl halides is 3. The van der Waals surface area contributed by atoms with Crippen LogP contribution in [0.2, 0.25) is 0 Å². The molecule has 0 radical (unpaired) electrons. The van der Waals surface area contributed by atoms with Gasteiger partial charge in [0.25, 0.3) is 0 Å². The molecule has 1 N–H and O–H groups in total. The first-order valence-electron chi connectivity index (χ1n) is 6.80. The van der Waals surface area contributed by atoms with Gasteiger partial charge in [-0.25, -0.2) is 0 Å². The molecule has 1 unspecified atom stereocenters. The summed E-state index contributed by atoms with van der Waals surface area (Å²) >= 11 is 0. The van der Waals surface area contributed by atoms with Crippen LogP contribution in [0.15, 0.2) is 24.3 Å². The first kappa shape index (κ1) is 15.9. The third-order valence-corrected chi connectivity index (χ3v) is 3.07. The molecule has 0 amide bonds. The summed E-state index contributed by atoms with van der Waals surface area (Å²) in [4.78, 5) is 0. The average molecular weight is 305 g/mol. The molecule has 21 heavy (non-hydrogen) atoms. The van der Waals surface area contributed by atoms with Gasteiger partial charge in [-0.05, 0) is 24.5 Å². The van der Waals surface area contributed by atoms with Gasteiger partial charge in [0.05, 0.1) is 6.61 Å². The van der Waals surface area contributed by atoms with Gasteiger partial charge in [0.1, 0.15) is 6.61 Å². The summed E-state index contributed by atoms with van der Waals surface area (Å²) in [6.45, 7) is 3.20. The Bertz CT molecular complexity index is 434. The Morgan fingerprint density at radius 2 is 2.00 bits per heavy atom. The number of hydrogen-bond donors (Lipinski definition) is 1. The van der Waals surface area contributed by atoms with E-state index in [0.29, 0.717) is 12.5 Å². The quantitative estimate of drug-likeness (QED) is 0.786. The highest BCUT2D eigenvalue weighted by Crippen LogP contribution is 2.31. The van der Waals surface area contributed by atoms with E-state index < -0.39 is 6.36 Å². The van der Waals surface area contributed by atoms with Crippen molar-refractivity contribution in [3.8, 4) is 11.5 Å². The Morgan fingerprint density at radius 3 is 2.67 bits per heavy atom. The number of para-hydroxylation sites is 2. The van der Waals surface area contributed by atoms with E-state index in [9.17, 15) is 13.2 Å². The fourth-order valence-electron chi connectivity index (χ4n) is 2.06. The van der Waals surface area contributed by atoms with Gasteiger partial charge in [-0.15, -0.1) is 13.2 Å². The molecule has 1 atom stereocenters. The first-order valence-corrected chi connectivity index (χ1v) is 6.80. The van der Waals surface area contributed by atoms with Crippen molar-refractivity contribution < 1.29 is 27.4 Å². The van der Waals surface area contributed by atoms with Gasteiger partial charge in [0, 0.05) is 19.7 Å². The molecule has 4 nitrogen and oxygen atoms in total. The van der Waals surface area contributed by atoms with E-state index in [2.05, 4.69) is 10.1 Å². The summed E-state index contributed by atoms with van der Waals surface area (Å²) in [5.41, 5.74) is 0. The minimum Gasteiger partial charge on any atom is -0.488 e. The molecule has 7 heteroatoms. The molecule has 1 aliphatic rings. The lowest BCUT2D eigenvalue weighted by atomic mass is 10.1.